The first kappa shape index (κ1) is 15.1. The summed E-state index contributed by atoms with van der Waals surface area (Å²) in [6.45, 7) is 5.82. The average molecular weight is 286 g/mol. The molecule has 2 aliphatic heterocycles. The minimum Gasteiger partial charge on any atom is -0.309 e. The van der Waals surface area contributed by atoms with Gasteiger partial charge in [-0.15, -0.1) is 0 Å². The van der Waals surface area contributed by atoms with Crippen molar-refractivity contribution < 1.29 is 0 Å². The molecule has 0 aliphatic carbocycles. The van der Waals surface area contributed by atoms with Gasteiger partial charge in [0.05, 0.1) is 0 Å². The smallest absolute Gasteiger partial charge is 0.0343 e. The van der Waals surface area contributed by atoms with E-state index in [0.29, 0.717) is 12.0 Å². The van der Waals surface area contributed by atoms with Crippen molar-refractivity contribution in [1.29, 1.82) is 0 Å². The van der Waals surface area contributed by atoms with E-state index in [4.69, 9.17) is 0 Å². The number of rotatable bonds is 5. The van der Waals surface area contributed by atoms with Crippen molar-refractivity contribution in [1.82, 2.24) is 10.2 Å². The molecule has 1 aromatic carbocycles. The molecule has 2 aliphatic rings. The molecular weight excluding hydrogens is 256 g/mol. The summed E-state index contributed by atoms with van der Waals surface area (Å²) in [5, 5.41) is 3.87. The number of hydrogen-bond donors (Lipinski definition) is 1. The van der Waals surface area contributed by atoms with E-state index < -0.39 is 0 Å². The molecule has 3 unspecified atom stereocenters. The van der Waals surface area contributed by atoms with Crippen molar-refractivity contribution >= 4 is 0 Å². The lowest BCUT2D eigenvalue weighted by molar-refractivity contribution is 0.130. The Morgan fingerprint density at radius 1 is 1.10 bits per heavy atom. The number of fused-ring (bicyclic) bond motifs is 2. The molecule has 2 nitrogen and oxygen atoms in total. The molecule has 2 heterocycles. The molecule has 3 atom stereocenters. The van der Waals surface area contributed by atoms with Crippen molar-refractivity contribution in [2.24, 2.45) is 11.8 Å². The summed E-state index contributed by atoms with van der Waals surface area (Å²) < 4.78 is 0. The molecule has 116 valence electrons. The average Bonchev–Trinajstić information content (AvgIpc) is 2.71. The van der Waals surface area contributed by atoms with Crippen LogP contribution in [0.4, 0.5) is 0 Å². The fourth-order valence-corrected chi connectivity index (χ4v) is 4.38. The van der Waals surface area contributed by atoms with Gasteiger partial charge in [0, 0.05) is 18.1 Å². The molecular formula is C19H30N2. The van der Waals surface area contributed by atoms with Gasteiger partial charge in [0.1, 0.15) is 0 Å². The van der Waals surface area contributed by atoms with E-state index in [2.05, 4.69) is 61.4 Å². The van der Waals surface area contributed by atoms with Gasteiger partial charge in [0.2, 0.25) is 0 Å². The number of piperidine rings is 1. The molecule has 0 amide bonds. The summed E-state index contributed by atoms with van der Waals surface area (Å²) in [7, 11) is 2.33. The second kappa shape index (κ2) is 6.50. The molecule has 2 heteroatoms. The normalized spacial score (nSPS) is 30.8. The van der Waals surface area contributed by atoms with Crippen LogP contribution in [-0.4, -0.2) is 30.6 Å². The topological polar surface area (TPSA) is 15.3 Å². The second-order valence-corrected chi connectivity index (χ2v) is 7.43. The predicted octanol–water partition coefficient (Wildman–Crippen LogP) is 3.85. The molecule has 0 saturated carbocycles. The van der Waals surface area contributed by atoms with Crippen molar-refractivity contribution in [3.05, 3.63) is 35.9 Å². The van der Waals surface area contributed by atoms with Crippen LogP contribution in [0, 0.1) is 11.8 Å². The van der Waals surface area contributed by atoms with Gasteiger partial charge in [-0.2, -0.15) is 0 Å². The van der Waals surface area contributed by atoms with E-state index in [9.17, 15) is 0 Å². The van der Waals surface area contributed by atoms with Crippen LogP contribution in [-0.2, 0) is 0 Å². The second-order valence-electron chi connectivity index (χ2n) is 7.43. The van der Waals surface area contributed by atoms with Gasteiger partial charge in [-0.05, 0) is 56.7 Å². The molecule has 2 saturated heterocycles. The molecule has 21 heavy (non-hydrogen) atoms. The van der Waals surface area contributed by atoms with Crippen LogP contribution in [0.5, 0.6) is 0 Å². The van der Waals surface area contributed by atoms with Gasteiger partial charge in [0.25, 0.3) is 0 Å². The quantitative estimate of drug-likeness (QED) is 0.884. The third-order valence-electron chi connectivity index (χ3n) is 5.65. The van der Waals surface area contributed by atoms with Gasteiger partial charge in [-0.25, -0.2) is 0 Å². The Bertz CT molecular complexity index is 428. The number of nitrogens with zero attached hydrogens (tertiary/aromatic N) is 1. The zero-order valence-electron chi connectivity index (χ0n) is 13.8. The maximum absolute atomic E-state index is 3.87. The first-order valence-electron chi connectivity index (χ1n) is 8.65. The first-order chi connectivity index (χ1) is 10.1. The fraction of sp³-hybridized carbons (Fsp3) is 0.684. The largest absolute Gasteiger partial charge is 0.309 e. The van der Waals surface area contributed by atoms with E-state index in [0.717, 1.165) is 18.0 Å². The van der Waals surface area contributed by atoms with E-state index in [1.165, 1.54) is 37.8 Å². The lowest BCUT2D eigenvalue weighted by Gasteiger charge is -2.37. The van der Waals surface area contributed by atoms with Crippen LogP contribution in [0.1, 0.15) is 51.1 Å². The highest BCUT2D eigenvalue weighted by Gasteiger charge is 2.38. The van der Waals surface area contributed by atoms with Gasteiger partial charge in [-0.3, -0.25) is 0 Å². The van der Waals surface area contributed by atoms with Gasteiger partial charge < -0.3 is 10.2 Å². The molecule has 0 radical (unpaired) electrons. The lowest BCUT2D eigenvalue weighted by Crippen LogP contribution is -2.43. The summed E-state index contributed by atoms with van der Waals surface area (Å²) >= 11 is 0. The van der Waals surface area contributed by atoms with Crippen LogP contribution in [0.15, 0.2) is 30.3 Å². The van der Waals surface area contributed by atoms with Crippen LogP contribution in [0.3, 0.4) is 0 Å². The van der Waals surface area contributed by atoms with E-state index >= 15 is 0 Å². The molecule has 1 aromatic rings. The van der Waals surface area contributed by atoms with Gasteiger partial charge in [-0.1, -0.05) is 44.2 Å². The van der Waals surface area contributed by atoms with Crippen LogP contribution in [0.2, 0.25) is 0 Å². The maximum Gasteiger partial charge on any atom is 0.0343 e. The summed E-state index contributed by atoms with van der Waals surface area (Å²) in [6, 6.07) is 13.1. The SMILES string of the molecule is CC(C)C(NCC1CC2CCC(C1)N2C)c1ccccc1. The monoisotopic (exact) mass is 286 g/mol. The highest BCUT2D eigenvalue weighted by molar-refractivity contribution is 5.19. The maximum atomic E-state index is 3.87. The number of benzene rings is 1. The Hall–Kier alpha value is -0.860. The lowest BCUT2D eigenvalue weighted by atomic mass is 9.89. The summed E-state index contributed by atoms with van der Waals surface area (Å²) in [5.41, 5.74) is 1.43. The molecule has 2 bridgehead atoms. The molecule has 0 spiro atoms. The summed E-state index contributed by atoms with van der Waals surface area (Å²) in [4.78, 5) is 2.63. The van der Waals surface area contributed by atoms with Crippen molar-refractivity contribution in [3.63, 3.8) is 0 Å². The third kappa shape index (κ3) is 3.32. The third-order valence-corrected chi connectivity index (χ3v) is 5.65. The van der Waals surface area contributed by atoms with Crippen molar-refractivity contribution in [2.75, 3.05) is 13.6 Å². The van der Waals surface area contributed by atoms with Crippen molar-refractivity contribution in [2.45, 2.75) is 57.7 Å². The molecule has 2 fully saturated rings. The molecule has 1 N–H and O–H groups in total. The highest BCUT2D eigenvalue weighted by atomic mass is 15.2. The van der Waals surface area contributed by atoms with Gasteiger partial charge >= 0.3 is 0 Å². The fourth-order valence-electron chi connectivity index (χ4n) is 4.38. The van der Waals surface area contributed by atoms with Crippen molar-refractivity contribution in [3.8, 4) is 0 Å². The molecule has 0 aromatic heterocycles. The Balaban J connectivity index is 1.58. The Kier molecular flexibility index (Phi) is 4.66. The van der Waals surface area contributed by atoms with Gasteiger partial charge in [0.15, 0.2) is 0 Å². The Labute approximate surface area is 129 Å². The summed E-state index contributed by atoms with van der Waals surface area (Å²) in [6.07, 6.45) is 5.62. The van der Waals surface area contributed by atoms with Crippen LogP contribution < -0.4 is 5.32 Å². The van der Waals surface area contributed by atoms with Crippen LogP contribution in [0.25, 0.3) is 0 Å². The zero-order chi connectivity index (χ0) is 14.8. The van der Waals surface area contributed by atoms with Crippen LogP contribution >= 0.6 is 0 Å². The number of nitrogens with one attached hydrogen (secondary N) is 1. The number of hydrogen-bond acceptors (Lipinski definition) is 2. The minimum absolute atomic E-state index is 0.489. The first-order valence-corrected chi connectivity index (χ1v) is 8.65. The summed E-state index contributed by atoms with van der Waals surface area (Å²) in [5.74, 6) is 1.50. The zero-order valence-corrected chi connectivity index (χ0v) is 13.8. The highest BCUT2D eigenvalue weighted by Crippen LogP contribution is 2.37. The Morgan fingerprint density at radius 3 is 2.29 bits per heavy atom. The van der Waals surface area contributed by atoms with E-state index in [1.807, 2.05) is 0 Å². The minimum atomic E-state index is 0.489. The van der Waals surface area contributed by atoms with E-state index in [1.54, 1.807) is 0 Å². The van der Waals surface area contributed by atoms with E-state index in [-0.39, 0.29) is 0 Å². The molecule has 3 rings (SSSR count). The predicted molar refractivity (Wildman–Crippen MR) is 89.3 cm³/mol. The standard InChI is InChI=1S/C19H30N2/c1-14(2)19(16-7-5-4-6-8-16)20-13-15-11-17-9-10-18(12-15)21(17)3/h4-8,14-15,17-20H,9-13H2,1-3H3. The Morgan fingerprint density at radius 2 is 1.71 bits per heavy atom.